The van der Waals surface area contributed by atoms with Gasteiger partial charge in [0, 0.05) is 0 Å². The smallest absolute Gasteiger partial charge is 0.394 e. The molecule has 21 N–H and O–H groups in total. The van der Waals surface area contributed by atoms with E-state index in [9.17, 15) is 134 Å². The SMILES string of the molecule is OC[C@H]1O[C@@H]2O[C@H]3[C@H](O)[C@@H](O)[C@@H](O[C@H]4[C@H](O)[C@@H](O)[C@@H](O[C@H]5[C@H](O)[C@@H](O)[C@@H](O[C@H]6[C@H](O)[C@@H](O)[C@@H](O[C@H]7[C@H](O)[C@@H](O)[C@@H](O[C@H]8[C@H](O)[C@@H](O)[C@@H](O[C@H]1[C@H](O)[C@H]2O)O[C@@H]8C(O)C(F)(F)F)O[C@@H]7CO)O[C@@H]6CO)O[C@@H]5CO)O[C@@H]4C(O)C(F)(F)F)O[C@@H]3CO. The van der Waals surface area contributed by atoms with Crippen molar-refractivity contribution in [1.82, 2.24) is 0 Å². The van der Waals surface area contributed by atoms with Crippen LogP contribution in [0, 0.1) is 0 Å². The summed E-state index contributed by atoms with van der Waals surface area (Å²) in [5.74, 6) is 0. The Morgan fingerprint density at radius 3 is 0.553 bits per heavy atom. The van der Waals surface area contributed by atoms with Crippen LogP contribution in [0.1, 0.15) is 0 Å². The number of aliphatic hydroxyl groups is 21. The first kappa shape index (κ1) is 69.1. The lowest BCUT2D eigenvalue weighted by Gasteiger charge is -2.50. The Morgan fingerprint density at radius 2 is 0.388 bits per heavy atom. The molecule has 2 unspecified atom stereocenters. The molecule has 0 amide bonds. The van der Waals surface area contributed by atoms with Crippen molar-refractivity contribution in [3.63, 3.8) is 0 Å². The van der Waals surface area contributed by atoms with Crippen LogP contribution in [0.5, 0.6) is 0 Å². The van der Waals surface area contributed by atoms with Crippen molar-refractivity contribution in [3.05, 3.63) is 0 Å². The molecule has 0 aromatic rings. The maximum absolute atomic E-state index is 14.3. The molecule has 496 valence electrons. The molecule has 21 fully saturated rings. The van der Waals surface area contributed by atoms with E-state index in [4.69, 9.17) is 66.3 Å². The summed E-state index contributed by atoms with van der Waals surface area (Å²) in [5, 5.41) is 231. The maximum atomic E-state index is 14.3. The second-order valence-electron chi connectivity index (χ2n) is 21.1. The van der Waals surface area contributed by atoms with Gasteiger partial charge in [0.05, 0.1) is 33.0 Å². The molecule has 14 bridgehead atoms. The van der Waals surface area contributed by atoms with Gasteiger partial charge in [-0.15, -0.1) is 0 Å². The molecule has 0 aliphatic carbocycles. The average molecular weight is 1270 g/mol. The van der Waals surface area contributed by atoms with Gasteiger partial charge in [-0.3, -0.25) is 0 Å². The van der Waals surface area contributed by atoms with Crippen LogP contribution in [0.15, 0.2) is 0 Å². The molecular formula is C44H68F6O35. The lowest BCUT2D eigenvalue weighted by Crippen LogP contribution is -2.69. The molecule has 37 atom stereocenters. The third kappa shape index (κ3) is 13.7. The summed E-state index contributed by atoms with van der Waals surface area (Å²) in [7, 11) is 0. The number of ether oxygens (including phenoxy) is 14. The predicted octanol–water partition coefficient (Wildman–Crippen LogP) is -13.4. The van der Waals surface area contributed by atoms with E-state index in [0.29, 0.717) is 0 Å². The monoisotopic (exact) mass is 1270 g/mol. The summed E-state index contributed by atoms with van der Waals surface area (Å²) in [6.45, 7) is -6.42. The fourth-order valence-electron chi connectivity index (χ4n) is 10.9. The van der Waals surface area contributed by atoms with Crippen molar-refractivity contribution in [1.29, 1.82) is 0 Å². The zero-order valence-corrected chi connectivity index (χ0v) is 43.3. The molecule has 0 aromatic heterocycles. The van der Waals surface area contributed by atoms with Gasteiger partial charge in [-0.25, -0.2) is 0 Å². The van der Waals surface area contributed by atoms with E-state index in [2.05, 4.69) is 0 Å². The quantitative estimate of drug-likeness (QED) is 0.105. The predicted molar refractivity (Wildman–Crippen MR) is 238 cm³/mol. The first-order valence-corrected chi connectivity index (χ1v) is 26.1. The highest BCUT2D eigenvalue weighted by atomic mass is 19.4. The van der Waals surface area contributed by atoms with Gasteiger partial charge in [0.15, 0.2) is 56.2 Å². The number of hydrogen-bond donors (Lipinski definition) is 21. The van der Waals surface area contributed by atoms with Gasteiger partial charge in [0.1, 0.15) is 171 Å². The molecular weight excluding hydrogens is 1200 g/mol. The van der Waals surface area contributed by atoms with Crippen molar-refractivity contribution < 1.29 is 200 Å². The summed E-state index contributed by atoms with van der Waals surface area (Å²) in [5.41, 5.74) is 0. The van der Waals surface area contributed by atoms with E-state index in [-0.39, 0.29) is 0 Å². The van der Waals surface area contributed by atoms with Crippen molar-refractivity contribution in [2.45, 2.75) is 240 Å². The number of aliphatic hydroxyl groups excluding tert-OH is 21. The Bertz CT molecular complexity index is 2090. The highest BCUT2D eigenvalue weighted by Crippen LogP contribution is 2.42. The highest BCUT2D eigenvalue weighted by molar-refractivity contribution is 5.03. The van der Waals surface area contributed by atoms with Crippen LogP contribution >= 0.6 is 0 Å². The normalized spacial score (nSPS) is 52.5. The van der Waals surface area contributed by atoms with E-state index in [0.717, 1.165) is 0 Å². The van der Waals surface area contributed by atoms with Gasteiger partial charge in [-0.05, 0) is 0 Å². The molecule has 85 heavy (non-hydrogen) atoms. The Balaban J connectivity index is 1.13. The fourth-order valence-corrected chi connectivity index (χ4v) is 10.9. The van der Waals surface area contributed by atoms with Crippen LogP contribution in [0.3, 0.4) is 0 Å². The molecule has 0 spiro atoms. The van der Waals surface area contributed by atoms with E-state index in [1.807, 2.05) is 0 Å². The molecule has 21 aliphatic heterocycles. The summed E-state index contributed by atoms with van der Waals surface area (Å²) in [4.78, 5) is 0. The van der Waals surface area contributed by atoms with Crippen LogP contribution in [-0.2, 0) is 66.3 Å². The minimum Gasteiger partial charge on any atom is -0.394 e. The van der Waals surface area contributed by atoms with E-state index in [1.165, 1.54) is 0 Å². The van der Waals surface area contributed by atoms with Crippen LogP contribution < -0.4 is 0 Å². The number of rotatable bonds is 7. The van der Waals surface area contributed by atoms with Crippen molar-refractivity contribution in [2.24, 2.45) is 0 Å². The summed E-state index contributed by atoms with van der Waals surface area (Å²) >= 11 is 0. The molecule has 0 aromatic carbocycles. The second kappa shape index (κ2) is 27.6. The molecule has 41 heteroatoms. The van der Waals surface area contributed by atoms with Gasteiger partial charge in [-0.1, -0.05) is 0 Å². The maximum Gasteiger partial charge on any atom is 0.417 e. The van der Waals surface area contributed by atoms with E-state index >= 15 is 0 Å². The van der Waals surface area contributed by atoms with E-state index < -0.39 is 273 Å². The third-order valence-electron chi connectivity index (χ3n) is 15.6. The van der Waals surface area contributed by atoms with Gasteiger partial charge in [0.25, 0.3) is 0 Å². The van der Waals surface area contributed by atoms with Crippen LogP contribution in [-0.4, -0.2) is 380 Å². The molecule has 0 saturated carbocycles. The van der Waals surface area contributed by atoms with E-state index in [1.54, 1.807) is 0 Å². The Morgan fingerprint density at radius 1 is 0.235 bits per heavy atom. The first-order valence-electron chi connectivity index (χ1n) is 26.1. The third-order valence-corrected chi connectivity index (χ3v) is 15.6. The largest absolute Gasteiger partial charge is 0.417 e. The zero-order chi connectivity index (χ0) is 62.8. The Labute approximate surface area is 472 Å². The second-order valence-corrected chi connectivity index (χ2v) is 21.1. The standard InChI is InChI=1S/C44H68F6O35/c45-43(46,47)34(70)32-30-17(62)24(69)42(85-32)81-29-10(5-55)74-38(20(65)13(29)58)79-27-8(3-53)76-40(22(67)15(27)60)83-31-16(61)23(68)41(84-33(31)35(71)44(48,49)50)80-28-9(4-54)73-37(19(64)12(28)57)77-25-6(1-51)72-36(18(63)11(25)56)78-26-7(2-52)75-39(82-30)21(66)14(26)59/h6-42,51-71H,1-5H2/t6-,7-,8-,9-,10-,11-,12-,13-,14-,15-,16-,17-,18-,19-,20-,21-,22-,23-,24-,25-,26-,27-,28-,29-,30+,31+,32+,33+,34?,35?,36-,37-,38-,39-,40-,41+,42+/m1/s1. The molecule has 21 heterocycles. The summed E-state index contributed by atoms with van der Waals surface area (Å²) in [6.07, 6.45) is -104. The number of alkyl halides is 6. The number of hydrogen-bond acceptors (Lipinski definition) is 35. The Hall–Kier alpha value is -1.82. The molecule has 21 aliphatic rings. The molecule has 21 rings (SSSR count). The Kier molecular flexibility index (Phi) is 22.4. The summed E-state index contributed by atoms with van der Waals surface area (Å²) < 4.78 is 162. The van der Waals surface area contributed by atoms with Gasteiger partial charge >= 0.3 is 12.4 Å². The lowest BCUT2D eigenvalue weighted by atomic mass is 9.93. The molecule has 35 nitrogen and oxygen atoms in total. The average Bonchev–Trinajstić information content (AvgIpc) is 3.65. The van der Waals surface area contributed by atoms with Crippen LogP contribution in [0.4, 0.5) is 26.3 Å². The van der Waals surface area contributed by atoms with Crippen LogP contribution in [0.2, 0.25) is 0 Å². The number of halogens is 6. The molecule has 0 radical (unpaired) electrons. The fraction of sp³-hybridized carbons (Fsp3) is 1.00. The molecule has 21 saturated heterocycles. The van der Waals surface area contributed by atoms with Gasteiger partial charge in [0.2, 0.25) is 0 Å². The highest BCUT2D eigenvalue weighted by Gasteiger charge is 2.63. The topological polar surface area (TPSA) is 554 Å². The van der Waals surface area contributed by atoms with Crippen molar-refractivity contribution in [2.75, 3.05) is 33.0 Å². The van der Waals surface area contributed by atoms with Gasteiger partial charge in [-0.2, -0.15) is 26.3 Å². The lowest BCUT2D eigenvalue weighted by molar-refractivity contribution is -0.405. The minimum atomic E-state index is -5.71. The van der Waals surface area contributed by atoms with Crippen molar-refractivity contribution >= 4 is 0 Å². The van der Waals surface area contributed by atoms with Crippen molar-refractivity contribution in [3.8, 4) is 0 Å². The zero-order valence-electron chi connectivity index (χ0n) is 43.3. The minimum absolute atomic E-state index is 1.22. The first-order chi connectivity index (χ1) is 39.8. The van der Waals surface area contributed by atoms with Crippen LogP contribution in [0.25, 0.3) is 0 Å². The summed E-state index contributed by atoms with van der Waals surface area (Å²) in [6, 6.07) is 0. The van der Waals surface area contributed by atoms with Gasteiger partial charge < -0.3 is 174 Å².